The van der Waals surface area contributed by atoms with Gasteiger partial charge in [-0.1, -0.05) is 42.8 Å². The van der Waals surface area contributed by atoms with E-state index in [1.165, 1.54) is 0 Å². The van der Waals surface area contributed by atoms with E-state index >= 15 is 0 Å². The first-order valence-corrected chi connectivity index (χ1v) is 7.32. The molecule has 0 aliphatic rings. The van der Waals surface area contributed by atoms with Crippen LogP contribution in [0.2, 0.25) is 0 Å². The topological polar surface area (TPSA) is 41.1 Å². The maximum absolute atomic E-state index is 12.4. The lowest BCUT2D eigenvalue weighted by Crippen LogP contribution is -2.20. The third-order valence-corrected chi connectivity index (χ3v) is 3.47. The Labute approximate surface area is 126 Å². The zero-order chi connectivity index (χ0) is 15.2. The van der Waals surface area contributed by atoms with Crippen LogP contribution in [0.3, 0.4) is 0 Å². The number of para-hydroxylation sites is 1. The smallest absolute Gasteiger partial charge is 0.255 e. The largest absolute Gasteiger partial charge is 0.322 e. The molecule has 0 fully saturated rings. The van der Waals surface area contributed by atoms with Gasteiger partial charge < -0.3 is 10.6 Å². The maximum atomic E-state index is 12.4. The van der Waals surface area contributed by atoms with Gasteiger partial charge in [-0.25, -0.2) is 0 Å². The summed E-state index contributed by atoms with van der Waals surface area (Å²) in [5, 5.41) is 6.39. The van der Waals surface area contributed by atoms with E-state index in [9.17, 15) is 4.79 Å². The Kier molecular flexibility index (Phi) is 5.12. The van der Waals surface area contributed by atoms with Crippen molar-refractivity contribution in [3.8, 4) is 0 Å². The van der Waals surface area contributed by atoms with Gasteiger partial charge in [-0.3, -0.25) is 4.79 Å². The van der Waals surface area contributed by atoms with Gasteiger partial charge in [-0.15, -0.1) is 0 Å². The van der Waals surface area contributed by atoms with Crippen LogP contribution in [0.15, 0.2) is 48.5 Å². The van der Waals surface area contributed by atoms with Crippen molar-refractivity contribution in [1.29, 1.82) is 0 Å². The van der Waals surface area contributed by atoms with Crippen LogP contribution in [-0.2, 0) is 0 Å². The third-order valence-electron chi connectivity index (χ3n) is 3.47. The minimum Gasteiger partial charge on any atom is -0.322 e. The molecule has 1 amide bonds. The quantitative estimate of drug-likeness (QED) is 0.872. The standard InChI is InChI=1S/C18H22N2O/c1-4-19-14(3)16-10-5-6-11-17(16)20-18(21)15-9-7-8-13(2)12-15/h5-12,14,19H,4H2,1-3H3,(H,20,21). The van der Waals surface area contributed by atoms with E-state index in [-0.39, 0.29) is 11.9 Å². The van der Waals surface area contributed by atoms with Gasteiger partial charge in [0, 0.05) is 17.3 Å². The van der Waals surface area contributed by atoms with E-state index in [2.05, 4.69) is 24.5 Å². The molecule has 0 aliphatic carbocycles. The average Bonchev–Trinajstić information content (AvgIpc) is 2.48. The minimum atomic E-state index is -0.0742. The summed E-state index contributed by atoms with van der Waals surface area (Å²) in [7, 11) is 0. The van der Waals surface area contributed by atoms with Crippen molar-refractivity contribution in [3.63, 3.8) is 0 Å². The number of rotatable bonds is 5. The normalized spacial score (nSPS) is 12.0. The van der Waals surface area contributed by atoms with E-state index in [0.717, 1.165) is 23.4 Å². The molecule has 0 heterocycles. The summed E-state index contributed by atoms with van der Waals surface area (Å²) in [5.74, 6) is -0.0742. The lowest BCUT2D eigenvalue weighted by atomic mass is 10.1. The van der Waals surface area contributed by atoms with Crippen LogP contribution in [0.5, 0.6) is 0 Å². The van der Waals surface area contributed by atoms with Crippen molar-refractivity contribution in [2.24, 2.45) is 0 Å². The van der Waals surface area contributed by atoms with E-state index < -0.39 is 0 Å². The summed E-state index contributed by atoms with van der Waals surface area (Å²) >= 11 is 0. The van der Waals surface area contributed by atoms with Gasteiger partial charge in [-0.05, 0) is 44.2 Å². The van der Waals surface area contributed by atoms with Gasteiger partial charge in [0.25, 0.3) is 5.91 Å². The molecule has 2 N–H and O–H groups in total. The van der Waals surface area contributed by atoms with Gasteiger partial charge in [0.2, 0.25) is 0 Å². The first-order chi connectivity index (χ1) is 10.1. The minimum absolute atomic E-state index is 0.0742. The summed E-state index contributed by atoms with van der Waals surface area (Å²) in [6.07, 6.45) is 0. The summed E-state index contributed by atoms with van der Waals surface area (Å²) in [6.45, 7) is 7.05. The Morgan fingerprint density at radius 2 is 1.90 bits per heavy atom. The molecule has 2 aromatic rings. The second-order valence-corrected chi connectivity index (χ2v) is 5.19. The fourth-order valence-electron chi connectivity index (χ4n) is 2.39. The van der Waals surface area contributed by atoms with Gasteiger partial charge >= 0.3 is 0 Å². The van der Waals surface area contributed by atoms with E-state index in [0.29, 0.717) is 5.56 Å². The summed E-state index contributed by atoms with van der Waals surface area (Å²) < 4.78 is 0. The van der Waals surface area contributed by atoms with E-state index in [1.54, 1.807) is 0 Å². The van der Waals surface area contributed by atoms with Gasteiger partial charge in [0.1, 0.15) is 0 Å². The zero-order valence-corrected chi connectivity index (χ0v) is 12.8. The highest BCUT2D eigenvalue weighted by atomic mass is 16.1. The molecule has 1 unspecified atom stereocenters. The molecule has 0 aromatic heterocycles. The highest BCUT2D eigenvalue weighted by molar-refractivity contribution is 6.04. The first-order valence-electron chi connectivity index (χ1n) is 7.32. The number of nitrogens with one attached hydrogen (secondary N) is 2. The van der Waals surface area contributed by atoms with Crippen molar-refractivity contribution < 1.29 is 4.79 Å². The van der Waals surface area contributed by atoms with E-state index in [4.69, 9.17) is 0 Å². The number of hydrogen-bond donors (Lipinski definition) is 2. The van der Waals surface area contributed by atoms with Gasteiger partial charge in [0.05, 0.1) is 0 Å². The maximum Gasteiger partial charge on any atom is 0.255 e. The molecular formula is C18H22N2O. The van der Waals surface area contributed by atoms with Gasteiger partial charge in [0.15, 0.2) is 0 Å². The van der Waals surface area contributed by atoms with Crippen LogP contribution in [0, 0.1) is 6.92 Å². The highest BCUT2D eigenvalue weighted by Crippen LogP contribution is 2.23. The number of anilines is 1. The molecule has 3 heteroatoms. The molecule has 3 nitrogen and oxygen atoms in total. The van der Waals surface area contributed by atoms with E-state index in [1.807, 2.05) is 55.5 Å². The lowest BCUT2D eigenvalue weighted by molar-refractivity contribution is 0.102. The number of carbonyl (C=O) groups excluding carboxylic acids is 1. The Hall–Kier alpha value is -2.13. The van der Waals surface area contributed by atoms with Crippen molar-refractivity contribution in [1.82, 2.24) is 5.32 Å². The molecule has 0 bridgehead atoms. The van der Waals surface area contributed by atoms with Crippen molar-refractivity contribution >= 4 is 11.6 Å². The molecule has 2 aromatic carbocycles. The Balaban J connectivity index is 2.21. The fraction of sp³-hybridized carbons (Fsp3) is 0.278. The summed E-state index contributed by atoms with van der Waals surface area (Å²) in [4.78, 5) is 12.4. The molecule has 0 spiro atoms. The fourth-order valence-corrected chi connectivity index (χ4v) is 2.39. The molecule has 0 aliphatic heterocycles. The second kappa shape index (κ2) is 7.04. The van der Waals surface area contributed by atoms with Crippen molar-refractivity contribution in [2.45, 2.75) is 26.8 Å². The Morgan fingerprint density at radius 1 is 1.14 bits per heavy atom. The third kappa shape index (κ3) is 3.92. The van der Waals surface area contributed by atoms with Crippen LogP contribution in [0.25, 0.3) is 0 Å². The lowest BCUT2D eigenvalue weighted by Gasteiger charge is -2.17. The van der Waals surface area contributed by atoms with Crippen LogP contribution < -0.4 is 10.6 Å². The van der Waals surface area contributed by atoms with Gasteiger partial charge in [-0.2, -0.15) is 0 Å². The van der Waals surface area contributed by atoms with Crippen molar-refractivity contribution in [3.05, 3.63) is 65.2 Å². The molecule has 0 radical (unpaired) electrons. The SMILES string of the molecule is CCNC(C)c1ccccc1NC(=O)c1cccc(C)c1. The van der Waals surface area contributed by atoms with Crippen LogP contribution in [0.1, 0.15) is 41.4 Å². The predicted octanol–water partition coefficient (Wildman–Crippen LogP) is 3.92. The van der Waals surface area contributed by atoms with Crippen molar-refractivity contribution in [2.75, 3.05) is 11.9 Å². The molecule has 0 saturated carbocycles. The first kappa shape index (κ1) is 15.3. The van der Waals surface area contributed by atoms with Crippen LogP contribution in [0.4, 0.5) is 5.69 Å². The summed E-state index contributed by atoms with van der Waals surface area (Å²) in [5.41, 5.74) is 3.72. The number of benzene rings is 2. The summed E-state index contributed by atoms with van der Waals surface area (Å²) in [6, 6.07) is 15.7. The molecule has 0 saturated heterocycles. The molecular weight excluding hydrogens is 260 g/mol. The number of aryl methyl sites for hydroxylation is 1. The number of amides is 1. The predicted molar refractivity (Wildman–Crippen MR) is 87.7 cm³/mol. The molecule has 1 atom stereocenters. The molecule has 110 valence electrons. The molecule has 21 heavy (non-hydrogen) atoms. The monoisotopic (exact) mass is 282 g/mol. The number of carbonyl (C=O) groups is 1. The second-order valence-electron chi connectivity index (χ2n) is 5.19. The highest BCUT2D eigenvalue weighted by Gasteiger charge is 2.12. The Bertz CT molecular complexity index is 622. The molecule has 2 rings (SSSR count). The number of hydrogen-bond acceptors (Lipinski definition) is 2. The van der Waals surface area contributed by atoms with Crippen LogP contribution in [-0.4, -0.2) is 12.5 Å². The zero-order valence-electron chi connectivity index (χ0n) is 12.8. The Morgan fingerprint density at radius 3 is 2.62 bits per heavy atom. The van der Waals surface area contributed by atoms with Crippen LogP contribution >= 0.6 is 0 Å². The average molecular weight is 282 g/mol.